The van der Waals surface area contributed by atoms with E-state index in [4.69, 9.17) is 9.47 Å². The first-order valence-electron chi connectivity index (χ1n) is 7.78. The molecule has 0 unspecified atom stereocenters. The molecule has 1 amide bonds. The monoisotopic (exact) mass is 343 g/mol. The van der Waals surface area contributed by atoms with E-state index in [0.717, 1.165) is 0 Å². The second kappa shape index (κ2) is 7.52. The van der Waals surface area contributed by atoms with E-state index in [1.807, 2.05) is 6.07 Å². The fourth-order valence-electron chi connectivity index (χ4n) is 2.43. The average Bonchev–Trinajstić information content (AvgIpc) is 2.64. The summed E-state index contributed by atoms with van der Waals surface area (Å²) in [5, 5.41) is 16.6. The molecule has 2 N–H and O–H groups in total. The molecule has 0 spiro atoms. The van der Waals surface area contributed by atoms with Gasteiger partial charge < -0.3 is 20.1 Å². The van der Waals surface area contributed by atoms with Crippen LogP contribution in [0.4, 0.5) is 11.4 Å². The summed E-state index contributed by atoms with van der Waals surface area (Å²) < 4.78 is 11.1. The number of hydrogen-bond acceptors (Lipinski definition) is 6. The number of para-hydroxylation sites is 4. The Morgan fingerprint density at radius 2 is 1.84 bits per heavy atom. The second-order valence-electron chi connectivity index (χ2n) is 5.36. The van der Waals surface area contributed by atoms with Gasteiger partial charge in [-0.1, -0.05) is 24.3 Å². The lowest BCUT2D eigenvalue weighted by Crippen LogP contribution is -2.45. The molecule has 0 saturated heterocycles. The molecule has 0 fully saturated rings. The van der Waals surface area contributed by atoms with Crippen molar-refractivity contribution >= 4 is 17.3 Å². The standard InChI is InChI=1S/C17H17N3O5/c21-17(16-11-24-14-7-3-4-8-15(14)25-16)19-10-9-18-12-5-1-2-6-13(12)20(22)23/h1-8,16,18H,9-11H2,(H,19,21)/t16-/m0/s1. The number of ether oxygens (including phenoxy) is 2. The third kappa shape index (κ3) is 3.97. The van der Waals surface area contributed by atoms with Crippen molar-refractivity contribution < 1.29 is 19.2 Å². The molecule has 0 aliphatic carbocycles. The maximum atomic E-state index is 12.1. The van der Waals surface area contributed by atoms with E-state index in [0.29, 0.717) is 30.3 Å². The number of nitrogens with zero attached hydrogens (tertiary/aromatic N) is 1. The molecule has 2 aromatic carbocycles. The number of fused-ring (bicyclic) bond motifs is 1. The molecule has 3 rings (SSSR count). The molecule has 0 saturated carbocycles. The molecular weight excluding hydrogens is 326 g/mol. The highest BCUT2D eigenvalue weighted by molar-refractivity contribution is 5.81. The molecule has 0 aromatic heterocycles. The molecule has 1 heterocycles. The minimum atomic E-state index is -0.721. The second-order valence-corrected chi connectivity index (χ2v) is 5.36. The van der Waals surface area contributed by atoms with Crippen LogP contribution >= 0.6 is 0 Å². The minimum absolute atomic E-state index is 0.00514. The Labute approximate surface area is 143 Å². The van der Waals surface area contributed by atoms with Crippen molar-refractivity contribution in [3.05, 3.63) is 58.6 Å². The van der Waals surface area contributed by atoms with Crippen LogP contribution in [0.5, 0.6) is 11.5 Å². The number of nitro groups is 1. The molecular formula is C17H17N3O5. The van der Waals surface area contributed by atoms with Crippen molar-refractivity contribution in [2.45, 2.75) is 6.10 Å². The van der Waals surface area contributed by atoms with Crippen molar-refractivity contribution in [3.63, 3.8) is 0 Å². The lowest BCUT2D eigenvalue weighted by atomic mass is 10.2. The Hall–Kier alpha value is -3.29. The van der Waals surface area contributed by atoms with Crippen LogP contribution in [-0.4, -0.2) is 36.6 Å². The molecule has 1 aliphatic heterocycles. The van der Waals surface area contributed by atoms with Crippen LogP contribution in [0.25, 0.3) is 0 Å². The molecule has 8 heteroatoms. The lowest BCUT2D eigenvalue weighted by molar-refractivity contribution is -0.384. The topological polar surface area (TPSA) is 103 Å². The fourth-order valence-corrected chi connectivity index (χ4v) is 2.43. The summed E-state index contributed by atoms with van der Waals surface area (Å²) >= 11 is 0. The third-order valence-corrected chi connectivity index (χ3v) is 3.64. The van der Waals surface area contributed by atoms with Gasteiger partial charge in [-0.25, -0.2) is 0 Å². The maximum absolute atomic E-state index is 12.1. The van der Waals surface area contributed by atoms with Crippen LogP contribution in [0, 0.1) is 10.1 Å². The quantitative estimate of drug-likeness (QED) is 0.472. The van der Waals surface area contributed by atoms with Gasteiger partial charge in [-0.2, -0.15) is 0 Å². The van der Waals surface area contributed by atoms with E-state index in [-0.39, 0.29) is 18.2 Å². The van der Waals surface area contributed by atoms with Crippen LogP contribution < -0.4 is 20.1 Å². The Balaban J connectivity index is 1.47. The molecule has 0 bridgehead atoms. The van der Waals surface area contributed by atoms with Crippen LogP contribution in [0.15, 0.2) is 48.5 Å². The van der Waals surface area contributed by atoms with Crippen LogP contribution in [0.3, 0.4) is 0 Å². The number of benzene rings is 2. The number of carbonyl (C=O) groups is 1. The predicted molar refractivity (Wildman–Crippen MR) is 90.9 cm³/mol. The van der Waals surface area contributed by atoms with Gasteiger partial charge in [-0.05, 0) is 18.2 Å². The van der Waals surface area contributed by atoms with Crippen molar-refractivity contribution in [2.24, 2.45) is 0 Å². The summed E-state index contributed by atoms with van der Waals surface area (Å²) in [4.78, 5) is 22.6. The summed E-state index contributed by atoms with van der Waals surface area (Å²) in [5.74, 6) is 0.857. The molecule has 1 atom stereocenters. The summed E-state index contributed by atoms with van der Waals surface area (Å²) in [6.45, 7) is 0.785. The largest absolute Gasteiger partial charge is 0.485 e. The van der Waals surface area contributed by atoms with Crippen molar-refractivity contribution in [2.75, 3.05) is 25.0 Å². The van der Waals surface area contributed by atoms with E-state index in [2.05, 4.69) is 10.6 Å². The number of nitrogens with one attached hydrogen (secondary N) is 2. The van der Waals surface area contributed by atoms with Crippen LogP contribution in [-0.2, 0) is 4.79 Å². The van der Waals surface area contributed by atoms with Gasteiger partial charge in [-0.3, -0.25) is 14.9 Å². The van der Waals surface area contributed by atoms with Gasteiger partial charge in [-0.15, -0.1) is 0 Å². The van der Waals surface area contributed by atoms with Gasteiger partial charge in [0, 0.05) is 19.2 Å². The van der Waals surface area contributed by atoms with E-state index in [9.17, 15) is 14.9 Å². The zero-order valence-corrected chi connectivity index (χ0v) is 13.3. The highest BCUT2D eigenvalue weighted by Crippen LogP contribution is 2.30. The zero-order chi connectivity index (χ0) is 17.6. The summed E-state index contributed by atoms with van der Waals surface area (Å²) in [5.41, 5.74) is 0.405. The smallest absolute Gasteiger partial charge is 0.292 e. The maximum Gasteiger partial charge on any atom is 0.292 e. The molecule has 130 valence electrons. The Kier molecular flexibility index (Phi) is 4.98. The normalized spacial score (nSPS) is 15.3. The number of amides is 1. The van der Waals surface area contributed by atoms with Crippen molar-refractivity contribution in [1.29, 1.82) is 0 Å². The van der Waals surface area contributed by atoms with Gasteiger partial charge in [0.05, 0.1) is 4.92 Å². The third-order valence-electron chi connectivity index (χ3n) is 3.64. The molecule has 8 nitrogen and oxygen atoms in total. The van der Waals surface area contributed by atoms with Crippen molar-refractivity contribution in [3.8, 4) is 11.5 Å². The van der Waals surface area contributed by atoms with Gasteiger partial charge in [0.15, 0.2) is 11.5 Å². The first kappa shape index (κ1) is 16.6. The molecule has 25 heavy (non-hydrogen) atoms. The summed E-state index contributed by atoms with van der Waals surface area (Å²) in [6, 6.07) is 13.5. The fraction of sp³-hybridized carbons (Fsp3) is 0.235. The van der Waals surface area contributed by atoms with E-state index < -0.39 is 11.0 Å². The van der Waals surface area contributed by atoms with Gasteiger partial charge >= 0.3 is 0 Å². The van der Waals surface area contributed by atoms with Gasteiger partial charge in [0.2, 0.25) is 6.10 Å². The minimum Gasteiger partial charge on any atom is -0.485 e. The van der Waals surface area contributed by atoms with E-state index in [1.165, 1.54) is 6.07 Å². The molecule has 1 aliphatic rings. The summed E-state index contributed by atoms with van der Waals surface area (Å²) in [7, 11) is 0. The molecule has 0 radical (unpaired) electrons. The Morgan fingerprint density at radius 1 is 1.12 bits per heavy atom. The Bertz CT molecular complexity index is 780. The highest BCUT2D eigenvalue weighted by Gasteiger charge is 2.26. The van der Waals surface area contributed by atoms with Crippen molar-refractivity contribution in [1.82, 2.24) is 5.32 Å². The SMILES string of the molecule is O=C(NCCNc1ccccc1[N+](=O)[O-])[C@@H]1COc2ccccc2O1. The summed E-state index contributed by atoms with van der Waals surface area (Å²) in [6.07, 6.45) is -0.721. The van der Waals surface area contributed by atoms with Crippen LogP contribution in [0.2, 0.25) is 0 Å². The number of carbonyl (C=O) groups excluding carboxylic acids is 1. The number of hydrogen-bond donors (Lipinski definition) is 2. The Morgan fingerprint density at radius 3 is 2.64 bits per heavy atom. The molecule has 2 aromatic rings. The van der Waals surface area contributed by atoms with Gasteiger partial charge in [0.1, 0.15) is 12.3 Å². The lowest BCUT2D eigenvalue weighted by Gasteiger charge is -2.25. The van der Waals surface area contributed by atoms with E-state index >= 15 is 0 Å². The highest BCUT2D eigenvalue weighted by atomic mass is 16.6. The first-order valence-corrected chi connectivity index (χ1v) is 7.78. The zero-order valence-electron chi connectivity index (χ0n) is 13.3. The number of nitro benzene ring substituents is 1. The van der Waals surface area contributed by atoms with Gasteiger partial charge in [0.25, 0.3) is 11.6 Å². The average molecular weight is 343 g/mol. The number of anilines is 1. The first-order chi connectivity index (χ1) is 12.1. The number of rotatable bonds is 6. The van der Waals surface area contributed by atoms with E-state index in [1.54, 1.807) is 36.4 Å². The predicted octanol–water partition coefficient (Wildman–Crippen LogP) is 1.96. The van der Waals surface area contributed by atoms with Crippen LogP contribution in [0.1, 0.15) is 0 Å².